The summed E-state index contributed by atoms with van der Waals surface area (Å²) >= 11 is 0. The van der Waals surface area contributed by atoms with Gasteiger partial charge >= 0.3 is 6.09 Å². The van der Waals surface area contributed by atoms with E-state index >= 15 is 0 Å². The van der Waals surface area contributed by atoms with Crippen LogP contribution in [-0.4, -0.2) is 31.2 Å². The highest BCUT2D eigenvalue weighted by molar-refractivity contribution is 5.77. The summed E-state index contributed by atoms with van der Waals surface area (Å²) in [4.78, 5) is 25.5. The van der Waals surface area contributed by atoms with E-state index in [0.717, 1.165) is 28.1 Å². The van der Waals surface area contributed by atoms with Crippen LogP contribution in [0, 0.1) is 6.92 Å². The number of aromatic nitrogens is 4. The van der Waals surface area contributed by atoms with Crippen LogP contribution in [0.25, 0.3) is 16.9 Å². The predicted octanol–water partition coefficient (Wildman–Crippen LogP) is 4.89. The summed E-state index contributed by atoms with van der Waals surface area (Å²) in [6.07, 6.45) is 2.96. The number of imidazole rings is 1. The van der Waals surface area contributed by atoms with Gasteiger partial charge in [-0.1, -0.05) is 24.3 Å². The number of para-hydroxylation sites is 2. The highest BCUT2D eigenvalue weighted by Gasteiger charge is 2.15. The smallest absolute Gasteiger partial charge is 0.407 e. The number of benzene rings is 2. The Morgan fingerprint density at radius 3 is 2.53 bits per heavy atom. The molecule has 0 fully saturated rings. The first-order valence-electron chi connectivity index (χ1n) is 10.4. The van der Waals surface area contributed by atoms with Gasteiger partial charge in [0, 0.05) is 12.2 Å². The van der Waals surface area contributed by atoms with Gasteiger partial charge in [0.15, 0.2) is 11.6 Å². The lowest BCUT2D eigenvalue weighted by Gasteiger charge is -2.19. The predicted molar refractivity (Wildman–Crippen MR) is 124 cm³/mol. The Morgan fingerprint density at radius 1 is 1.03 bits per heavy atom. The molecule has 4 rings (SSSR count). The molecule has 164 valence electrons. The molecule has 0 unspecified atom stereocenters. The second-order valence-electron chi connectivity index (χ2n) is 8.42. The molecule has 8 nitrogen and oxygen atoms in total. The first-order chi connectivity index (χ1) is 15.3. The second-order valence-corrected chi connectivity index (χ2v) is 8.42. The van der Waals surface area contributed by atoms with E-state index < -0.39 is 11.7 Å². The van der Waals surface area contributed by atoms with E-state index in [1.54, 1.807) is 12.4 Å². The summed E-state index contributed by atoms with van der Waals surface area (Å²) in [6.45, 7) is 7.84. The summed E-state index contributed by atoms with van der Waals surface area (Å²) in [7, 11) is 0. The summed E-state index contributed by atoms with van der Waals surface area (Å²) in [5, 5.41) is 6.03. The van der Waals surface area contributed by atoms with Crippen molar-refractivity contribution >= 4 is 28.6 Å². The third-order valence-electron chi connectivity index (χ3n) is 4.64. The standard InChI is InChI=1S/C24H26N6O2/c1-16-27-19-7-5-6-8-20(19)30(16)22-15-25-14-21(29-22)28-18-11-9-17(10-12-18)13-26-23(31)32-24(2,3)4/h5-12,14-15H,13H2,1-4H3,(H,26,31)(H,28,29). The Labute approximate surface area is 186 Å². The number of amides is 1. The molecule has 0 radical (unpaired) electrons. The molecule has 0 atom stereocenters. The molecule has 2 N–H and O–H groups in total. The van der Waals surface area contributed by atoms with E-state index in [1.807, 2.05) is 80.8 Å². The summed E-state index contributed by atoms with van der Waals surface area (Å²) in [5.41, 5.74) is 3.21. The SMILES string of the molecule is Cc1nc2ccccc2n1-c1cncc(Nc2ccc(CNC(=O)OC(C)(C)C)cc2)n1. The molecule has 2 aromatic carbocycles. The van der Waals surface area contributed by atoms with Crippen molar-refractivity contribution in [1.82, 2.24) is 24.8 Å². The lowest BCUT2D eigenvalue weighted by molar-refractivity contribution is 0.0523. The molecule has 0 spiro atoms. The molecule has 0 aliphatic heterocycles. The molecule has 8 heteroatoms. The van der Waals surface area contributed by atoms with Crippen LogP contribution in [0.5, 0.6) is 0 Å². The summed E-state index contributed by atoms with van der Waals surface area (Å²) in [5.74, 6) is 2.16. The van der Waals surface area contributed by atoms with Crippen molar-refractivity contribution in [3.63, 3.8) is 0 Å². The Kier molecular flexibility index (Phi) is 5.77. The summed E-state index contributed by atoms with van der Waals surface area (Å²) < 4.78 is 7.24. The quantitative estimate of drug-likeness (QED) is 0.468. The largest absolute Gasteiger partial charge is 0.444 e. The minimum atomic E-state index is -0.519. The molecule has 0 bridgehead atoms. The normalized spacial score (nSPS) is 11.4. The van der Waals surface area contributed by atoms with E-state index in [2.05, 4.69) is 20.6 Å². The number of fused-ring (bicyclic) bond motifs is 1. The van der Waals surface area contributed by atoms with Gasteiger partial charge in [-0.25, -0.2) is 14.8 Å². The molecule has 0 saturated carbocycles. The Balaban J connectivity index is 1.45. The number of hydrogen-bond donors (Lipinski definition) is 2. The van der Waals surface area contributed by atoms with E-state index in [1.165, 1.54) is 0 Å². The number of carbonyl (C=O) groups excluding carboxylic acids is 1. The van der Waals surface area contributed by atoms with Crippen LogP contribution in [0.4, 0.5) is 16.3 Å². The van der Waals surface area contributed by atoms with Crippen molar-refractivity contribution in [1.29, 1.82) is 0 Å². The molecule has 1 amide bonds. The van der Waals surface area contributed by atoms with Gasteiger partial charge in [0.05, 0.1) is 23.4 Å². The maximum atomic E-state index is 11.8. The van der Waals surface area contributed by atoms with Gasteiger partial charge < -0.3 is 15.4 Å². The van der Waals surface area contributed by atoms with Crippen molar-refractivity contribution in [3.8, 4) is 5.82 Å². The average Bonchev–Trinajstić information content (AvgIpc) is 3.08. The Morgan fingerprint density at radius 2 is 1.78 bits per heavy atom. The third kappa shape index (κ3) is 5.03. The maximum absolute atomic E-state index is 11.8. The molecule has 2 aromatic heterocycles. The molecular formula is C24H26N6O2. The van der Waals surface area contributed by atoms with Crippen molar-refractivity contribution in [2.45, 2.75) is 39.8 Å². The van der Waals surface area contributed by atoms with Crippen LogP contribution in [0.2, 0.25) is 0 Å². The zero-order chi connectivity index (χ0) is 22.7. The average molecular weight is 431 g/mol. The third-order valence-corrected chi connectivity index (χ3v) is 4.64. The van der Waals surface area contributed by atoms with E-state index in [0.29, 0.717) is 18.2 Å². The van der Waals surface area contributed by atoms with Crippen LogP contribution in [0.15, 0.2) is 60.9 Å². The zero-order valence-electron chi connectivity index (χ0n) is 18.6. The van der Waals surface area contributed by atoms with Crippen LogP contribution in [0.1, 0.15) is 32.2 Å². The van der Waals surface area contributed by atoms with Crippen molar-refractivity contribution in [2.75, 3.05) is 5.32 Å². The Bertz CT molecular complexity index is 1240. The number of rotatable bonds is 5. The van der Waals surface area contributed by atoms with Crippen molar-refractivity contribution in [2.24, 2.45) is 0 Å². The minimum Gasteiger partial charge on any atom is -0.444 e. The lowest BCUT2D eigenvalue weighted by Crippen LogP contribution is -2.32. The number of nitrogens with one attached hydrogen (secondary N) is 2. The second kappa shape index (κ2) is 8.66. The molecular weight excluding hydrogens is 404 g/mol. The molecule has 32 heavy (non-hydrogen) atoms. The fraction of sp³-hybridized carbons (Fsp3) is 0.250. The van der Waals surface area contributed by atoms with Gasteiger partial charge in [-0.15, -0.1) is 0 Å². The molecule has 0 saturated heterocycles. The number of anilines is 2. The number of ether oxygens (including phenoxy) is 1. The van der Waals surface area contributed by atoms with Crippen LogP contribution in [0.3, 0.4) is 0 Å². The monoisotopic (exact) mass is 430 g/mol. The number of nitrogens with zero attached hydrogens (tertiary/aromatic N) is 4. The molecule has 4 aromatic rings. The molecule has 2 heterocycles. The first kappa shape index (κ1) is 21.3. The van der Waals surface area contributed by atoms with Gasteiger partial charge in [0.2, 0.25) is 0 Å². The summed E-state index contributed by atoms with van der Waals surface area (Å²) in [6, 6.07) is 15.7. The highest BCUT2D eigenvalue weighted by atomic mass is 16.6. The topological polar surface area (TPSA) is 94.0 Å². The highest BCUT2D eigenvalue weighted by Crippen LogP contribution is 2.21. The number of carbonyl (C=O) groups is 1. The van der Waals surface area contributed by atoms with E-state index in [-0.39, 0.29) is 0 Å². The lowest BCUT2D eigenvalue weighted by atomic mass is 10.2. The van der Waals surface area contributed by atoms with E-state index in [9.17, 15) is 4.79 Å². The van der Waals surface area contributed by atoms with Crippen LogP contribution in [-0.2, 0) is 11.3 Å². The van der Waals surface area contributed by atoms with Crippen LogP contribution >= 0.6 is 0 Å². The number of hydrogen-bond acceptors (Lipinski definition) is 6. The fourth-order valence-electron chi connectivity index (χ4n) is 3.30. The van der Waals surface area contributed by atoms with Gasteiger partial charge in [-0.2, -0.15) is 0 Å². The van der Waals surface area contributed by atoms with Crippen LogP contribution < -0.4 is 10.6 Å². The zero-order valence-corrected chi connectivity index (χ0v) is 18.6. The van der Waals surface area contributed by atoms with Gasteiger partial charge in [-0.3, -0.25) is 9.55 Å². The van der Waals surface area contributed by atoms with Crippen molar-refractivity contribution < 1.29 is 9.53 Å². The van der Waals surface area contributed by atoms with Crippen molar-refractivity contribution in [3.05, 3.63) is 72.3 Å². The molecule has 0 aliphatic rings. The maximum Gasteiger partial charge on any atom is 0.407 e. The fourth-order valence-corrected chi connectivity index (χ4v) is 3.30. The number of alkyl carbamates (subject to hydrolysis) is 1. The Hall–Kier alpha value is -3.94. The first-order valence-corrected chi connectivity index (χ1v) is 10.4. The molecule has 0 aliphatic carbocycles. The van der Waals surface area contributed by atoms with Gasteiger partial charge in [0.25, 0.3) is 0 Å². The number of aryl methyl sites for hydroxylation is 1. The van der Waals surface area contributed by atoms with Gasteiger partial charge in [-0.05, 0) is 57.5 Å². The minimum absolute atomic E-state index is 0.386. The van der Waals surface area contributed by atoms with E-state index in [4.69, 9.17) is 9.72 Å². The van der Waals surface area contributed by atoms with Gasteiger partial charge in [0.1, 0.15) is 11.4 Å².